The number of aromatic nitrogens is 5. The van der Waals surface area contributed by atoms with Crippen molar-refractivity contribution in [3.8, 4) is 11.5 Å². The van der Waals surface area contributed by atoms with Gasteiger partial charge in [-0.2, -0.15) is 4.98 Å². The van der Waals surface area contributed by atoms with Gasteiger partial charge in [0.1, 0.15) is 17.2 Å². The van der Waals surface area contributed by atoms with Crippen molar-refractivity contribution in [1.29, 1.82) is 0 Å². The number of halogens is 1. The first-order valence-electron chi connectivity index (χ1n) is 9.73. The van der Waals surface area contributed by atoms with E-state index in [4.69, 9.17) is 4.52 Å². The average Bonchev–Trinajstić information content (AvgIpc) is 3.48. The Morgan fingerprint density at radius 3 is 2.83 bits per heavy atom. The van der Waals surface area contributed by atoms with Gasteiger partial charge in [0.05, 0.1) is 18.3 Å². The van der Waals surface area contributed by atoms with Crippen LogP contribution in [0.1, 0.15) is 28.7 Å². The molecule has 0 N–H and O–H groups in total. The third kappa shape index (κ3) is 3.22. The molecule has 0 aromatic carbocycles. The number of hydrogen-bond donors (Lipinski definition) is 0. The average molecular weight is 409 g/mol. The number of pyridine rings is 1. The van der Waals surface area contributed by atoms with E-state index in [1.54, 1.807) is 23.5 Å². The van der Waals surface area contributed by atoms with Gasteiger partial charge in [-0.1, -0.05) is 5.16 Å². The van der Waals surface area contributed by atoms with Crippen LogP contribution in [0.2, 0.25) is 0 Å². The van der Waals surface area contributed by atoms with E-state index >= 15 is 0 Å². The number of likely N-dealkylation sites (tertiary alicyclic amines) is 2. The SMILES string of the molecule is CN1CC[C@]2(C1)CN(C(=O)c1ccc(F)cn1)C[C@H]2c1nc(-c2cnccn2)no1. The molecule has 3 aromatic heterocycles. The van der Waals surface area contributed by atoms with E-state index in [2.05, 4.69) is 37.0 Å². The van der Waals surface area contributed by atoms with E-state index in [1.807, 2.05) is 0 Å². The normalized spacial score (nSPS) is 24.1. The van der Waals surface area contributed by atoms with Gasteiger partial charge < -0.3 is 14.3 Å². The van der Waals surface area contributed by atoms with E-state index in [9.17, 15) is 9.18 Å². The van der Waals surface area contributed by atoms with Crippen LogP contribution in [-0.2, 0) is 0 Å². The van der Waals surface area contributed by atoms with Gasteiger partial charge in [-0.25, -0.2) is 14.4 Å². The predicted octanol–water partition coefficient (Wildman–Crippen LogP) is 1.62. The maximum Gasteiger partial charge on any atom is 0.272 e. The lowest BCUT2D eigenvalue weighted by Gasteiger charge is -2.27. The van der Waals surface area contributed by atoms with Crippen molar-refractivity contribution in [3.05, 3.63) is 54.3 Å². The number of rotatable bonds is 3. The Morgan fingerprint density at radius 2 is 2.13 bits per heavy atom. The highest BCUT2D eigenvalue weighted by atomic mass is 19.1. The zero-order chi connectivity index (χ0) is 20.7. The van der Waals surface area contributed by atoms with E-state index in [0.29, 0.717) is 30.5 Å². The van der Waals surface area contributed by atoms with Crippen molar-refractivity contribution >= 4 is 5.91 Å². The first-order valence-corrected chi connectivity index (χ1v) is 9.73. The number of nitrogens with zero attached hydrogens (tertiary/aromatic N) is 7. The minimum atomic E-state index is -0.470. The lowest BCUT2D eigenvalue weighted by molar-refractivity contribution is 0.0768. The predicted molar refractivity (Wildman–Crippen MR) is 103 cm³/mol. The van der Waals surface area contributed by atoms with Crippen LogP contribution in [0.25, 0.3) is 11.5 Å². The van der Waals surface area contributed by atoms with Crippen molar-refractivity contribution in [3.63, 3.8) is 0 Å². The van der Waals surface area contributed by atoms with Crippen LogP contribution < -0.4 is 0 Å². The Hall–Kier alpha value is -3.27. The fourth-order valence-corrected chi connectivity index (χ4v) is 4.55. The quantitative estimate of drug-likeness (QED) is 0.643. The van der Waals surface area contributed by atoms with E-state index in [-0.39, 0.29) is 22.9 Å². The molecule has 0 aliphatic carbocycles. The highest BCUT2D eigenvalue weighted by Crippen LogP contribution is 2.48. The standard InChI is InChI=1S/C20H20FN7O2/c1-27-7-4-20(11-27)12-28(19(29)15-3-2-13(21)8-24-15)10-14(20)18-25-17(26-30-18)16-9-22-5-6-23-16/h2-3,5-6,8-9,14H,4,7,10-12H2,1H3/t14-,20-/m0/s1. The molecule has 2 aliphatic rings. The van der Waals surface area contributed by atoms with Gasteiger partial charge in [-0.3, -0.25) is 9.78 Å². The minimum absolute atomic E-state index is 0.107. The Labute approximate surface area is 172 Å². The second-order valence-corrected chi connectivity index (χ2v) is 8.00. The van der Waals surface area contributed by atoms with Crippen LogP contribution >= 0.6 is 0 Å². The molecule has 154 valence electrons. The van der Waals surface area contributed by atoms with Crippen molar-refractivity contribution < 1.29 is 13.7 Å². The molecule has 3 aromatic rings. The number of carbonyl (C=O) groups is 1. The molecule has 1 amide bonds. The van der Waals surface area contributed by atoms with Gasteiger partial charge in [0, 0.05) is 37.4 Å². The van der Waals surface area contributed by atoms with E-state index in [1.165, 1.54) is 12.1 Å². The second-order valence-electron chi connectivity index (χ2n) is 8.00. The Bertz CT molecular complexity index is 1060. The monoisotopic (exact) mass is 409 g/mol. The summed E-state index contributed by atoms with van der Waals surface area (Å²) in [6.45, 7) is 2.75. The fraction of sp³-hybridized carbons (Fsp3) is 0.400. The summed E-state index contributed by atoms with van der Waals surface area (Å²) in [6.07, 6.45) is 6.71. The summed E-state index contributed by atoms with van der Waals surface area (Å²) in [5.41, 5.74) is 0.576. The lowest BCUT2D eigenvalue weighted by Crippen LogP contribution is -2.34. The summed E-state index contributed by atoms with van der Waals surface area (Å²) >= 11 is 0. The minimum Gasteiger partial charge on any atom is -0.339 e. The molecule has 0 saturated carbocycles. The Morgan fingerprint density at radius 1 is 1.23 bits per heavy atom. The third-order valence-corrected chi connectivity index (χ3v) is 5.99. The first kappa shape index (κ1) is 18.7. The van der Waals surface area contributed by atoms with Gasteiger partial charge in [-0.05, 0) is 32.1 Å². The summed E-state index contributed by atoms with van der Waals surface area (Å²) in [5.74, 6) is 0.0740. The third-order valence-electron chi connectivity index (χ3n) is 5.99. The van der Waals surface area contributed by atoms with Gasteiger partial charge in [-0.15, -0.1) is 0 Å². The Kier molecular flexibility index (Phi) is 4.50. The van der Waals surface area contributed by atoms with Gasteiger partial charge >= 0.3 is 0 Å². The van der Waals surface area contributed by atoms with Crippen LogP contribution in [0.5, 0.6) is 0 Å². The summed E-state index contributed by atoms with van der Waals surface area (Å²) in [6, 6.07) is 2.66. The van der Waals surface area contributed by atoms with Crippen LogP contribution in [0, 0.1) is 11.2 Å². The second kappa shape index (κ2) is 7.21. The maximum absolute atomic E-state index is 13.2. The highest BCUT2D eigenvalue weighted by Gasteiger charge is 2.53. The molecule has 0 radical (unpaired) electrons. The molecular weight excluding hydrogens is 389 g/mol. The summed E-state index contributed by atoms with van der Waals surface area (Å²) < 4.78 is 18.8. The zero-order valence-electron chi connectivity index (χ0n) is 16.4. The van der Waals surface area contributed by atoms with Gasteiger partial charge in [0.25, 0.3) is 5.91 Å². The molecule has 2 atom stereocenters. The molecule has 2 saturated heterocycles. The topological polar surface area (TPSA) is 101 Å². The zero-order valence-corrected chi connectivity index (χ0v) is 16.4. The summed E-state index contributed by atoms with van der Waals surface area (Å²) in [5, 5.41) is 4.08. The van der Waals surface area contributed by atoms with E-state index < -0.39 is 5.82 Å². The smallest absolute Gasteiger partial charge is 0.272 e. The summed E-state index contributed by atoms with van der Waals surface area (Å²) in [4.78, 5) is 33.8. The van der Waals surface area contributed by atoms with Crippen molar-refractivity contribution in [2.75, 3.05) is 33.2 Å². The molecule has 0 bridgehead atoms. The molecule has 10 heteroatoms. The number of hydrogen-bond acceptors (Lipinski definition) is 8. The van der Waals surface area contributed by atoms with Crippen LogP contribution in [0.4, 0.5) is 4.39 Å². The molecular formula is C20H20FN7O2. The van der Waals surface area contributed by atoms with Crippen molar-refractivity contribution in [2.24, 2.45) is 5.41 Å². The molecule has 5 heterocycles. The first-order chi connectivity index (χ1) is 14.5. The number of carbonyl (C=O) groups excluding carboxylic acids is 1. The lowest BCUT2D eigenvalue weighted by atomic mass is 9.77. The fourth-order valence-electron chi connectivity index (χ4n) is 4.55. The van der Waals surface area contributed by atoms with E-state index in [0.717, 1.165) is 25.7 Å². The maximum atomic E-state index is 13.2. The molecule has 30 heavy (non-hydrogen) atoms. The highest BCUT2D eigenvalue weighted by molar-refractivity contribution is 5.92. The molecule has 2 fully saturated rings. The molecule has 9 nitrogen and oxygen atoms in total. The van der Waals surface area contributed by atoms with Gasteiger partial charge in [0.15, 0.2) is 0 Å². The van der Waals surface area contributed by atoms with Crippen molar-refractivity contribution in [1.82, 2.24) is 34.9 Å². The molecule has 0 unspecified atom stereocenters. The summed E-state index contributed by atoms with van der Waals surface area (Å²) in [7, 11) is 2.07. The molecule has 1 spiro atoms. The van der Waals surface area contributed by atoms with Crippen LogP contribution in [0.15, 0.2) is 41.4 Å². The molecule has 2 aliphatic heterocycles. The number of amides is 1. The largest absolute Gasteiger partial charge is 0.339 e. The Balaban J connectivity index is 1.45. The van der Waals surface area contributed by atoms with Gasteiger partial charge in [0.2, 0.25) is 11.7 Å². The van der Waals surface area contributed by atoms with Crippen LogP contribution in [0.3, 0.4) is 0 Å². The van der Waals surface area contributed by atoms with Crippen LogP contribution in [-0.4, -0.2) is 74.0 Å². The van der Waals surface area contributed by atoms with Crippen molar-refractivity contribution in [2.45, 2.75) is 12.3 Å². The molecule has 5 rings (SSSR count).